The molecule has 1 aromatic rings. The number of hydrogen-bond acceptors (Lipinski definition) is 3. The highest BCUT2D eigenvalue weighted by atomic mass is 15.3. The molecule has 3 unspecified atom stereocenters. The maximum atomic E-state index is 4.58. The largest absolute Gasteiger partial charge is 0.311 e. The Kier molecular flexibility index (Phi) is 5.22. The number of piperazine rings is 1. The molecule has 3 atom stereocenters. The van der Waals surface area contributed by atoms with Gasteiger partial charge in [0, 0.05) is 38.3 Å². The molecule has 0 radical (unpaired) electrons. The molecule has 4 heteroatoms. The number of hydrogen-bond donors (Lipinski definition) is 1. The Bertz CT molecular complexity index is 426. The fourth-order valence-corrected chi connectivity index (χ4v) is 3.23. The Balaban J connectivity index is 2.14. The molecule has 114 valence electrons. The van der Waals surface area contributed by atoms with Crippen LogP contribution in [0.2, 0.25) is 0 Å². The predicted molar refractivity (Wildman–Crippen MR) is 83.8 cm³/mol. The molecule has 1 saturated heterocycles. The van der Waals surface area contributed by atoms with Crippen LogP contribution >= 0.6 is 0 Å². The highest BCUT2D eigenvalue weighted by Crippen LogP contribution is 2.21. The topological polar surface area (TPSA) is 33.1 Å². The minimum Gasteiger partial charge on any atom is -0.311 e. The van der Waals surface area contributed by atoms with Gasteiger partial charge in [-0.05, 0) is 32.8 Å². The van der Waals surface area contributed by atoms with Crippen molar-refractivity contribution in [2.45, 2.75) is 66.2 Å². The summed E-state index contributed by atoms with van der Waals surface area (Å²) in [5.41, 5.74) is 2.48. The average Bonchev–Trinajstić information content (AvgIpc) is 2.78. The third-order valence-corrected chi connectivity index (χ3v) is 4.60. The van der Waals surface area contributed by atoms with Crippen LogP contribution in [0.4, 0.5) is 0 Å². The first-order valence-electron chi connectivity index (χ1n) is 8.05. The second-order valence-corrected chi connectivity index (χ2v) is 6.28. The van der Waals surface area contributed by atoms with Crippen molar-refractivity contribution in [2.24, 2.45) is 5.92 Å². The fourth-order valence-electron chi connectivity index (χ4n) is 3.23. The minimum absolute atomic E-state index is 0.578. The highest BCUT2D eigenvalue weighted by molar-refractivity contribution is 5.09. The Labute approximate surface area is 123 Å². The van der Waals surface area contributed by atoms with Gasteiger partial charge in [-0.1, -0.05) is 20.3 Å². The summed E-state index contributed by atoms with van der Waals surface area (Å²) >= 11 is 0. The standard InChI is InChI=1S/C16H30N4/c1-6-12(3)16-9-17-14(5)10-19(16)11-15-8-13(4)18-20(15)7-2/h8,12,14,16-17H,6-7,9-11H2,1-5H3. The SMILES string of the molecule is CCC(C)C1CNC(C)CN1Cc1cc(C)nn1CC. The van der Waals surface area contributed by atoms with E-state index in [2.05, 4.69) is 60.7 Å². The Morgan fingerprint density at radius 2 is 2.20 bits per heavy atom. The van der Waals surface area contributed by atoms with E-state index in [1.165, 1.54) is 12.1 Å². The summed E-state index contributed by atoms with van der Waals surface area (Å²) in [7, 11) is 0. The summed E-state index contributed by atoms with van der Waals surface area (Å²) < 4.78 is 2.15. The molecule has 2 rings (SSSR count). The van der Waals surface area contributed by atoms with Gasteiger partial charge in [0.1, 0.15) is 0 Å². The zero-order chi connectivity index (χ0) is 14.7. The number of rotatable bonds is 5. The van der Waals surface area contributed by atoms with E-state index in [-0.39, 0.29) is 0 Å². The molecule has 20 heavy (non-hydrogen) atoms. The lowest BCUT2D eigenvalue weighted by atomic mass is 9.94. The van der Waals surface area contributed by atoms with E-state index in [0.717, 1.165) is 37.8 Å². The van der Waals surface area contributed by atoms with Crippen LogP contribution in [-0.2, 0) is 13.1 Å². The molecular formula is C16H30N4. The van der Waals surface area contributed by atoms with Crippen molar-refractivity contribution in [1.82, 2.24) is 20.0 Å². The van der Waals surface area contributed by atoms with E-state index in [4.69, 9.17) is 0 Å². The van der Waals surface area contributed by atoms with Gasteiger partial charge in [-0.3, -0.25) is 9.58 Å². The van der Waals surface area contributed by atoms with Crippen molar-refractivity contribution in [3.05, 3.63) is 17.5 Å². The summed E-state index contributed by atoms with van der Waals surface area (Å²) in [6.07, 6.45) is 1.24. The molecule has 0 bridgehead atoms. The lowest BCUT2D eigenvalue weighted by Gasteiger charge is -2.42. The monoisotopic (exact) mass is 278 g/mol. The van der Waals surface area contributed by atoms with Gasteiger partial charge < -0.3 is 5.32 Å². The van der Waals surface area contributed by atoms with Crippen molar-refractivity contribution in [3.8, 4) is 0 Å². The number of nitrogens with one attached hydrogen (secondary N) is 1. The summed E-state index contributed by atoms with van der Waals surface area (Å²) in [5, 5.41) is 8.21. The van der Waals surface area contributed by atoms with E-state index in [0.29, 0.717) is 12.1 Å². The fraction of sp³-hybridized carbons (Fsp3) is 0.812. The highest BCUT2D eigenvalue weighted by Gasteiger charge is 2.29. The van der Waals surface area contributed by atoms with Gasteiger partial charge in [-0.15, -0.1) is 0 Å². The number of aromatic nitrogens is 2. The molecule has 0 spiro atoms. The van der Waals surface area contributed by atoms with Crippen LogP contribution in [-0.4, -0.2) is 39.9 Å². The molecule has 1 fully saturated rings. The summed E-state index contributed by atoms with van der Waals surface area (Å²) in [6.45, 7) is 15.4. The van der Waals surface area contributed by atoms with Crippen molar-refractivity contribution >= 4 is 0 Å². The van der Waals surface area contributed by atoms with Gasteiger partial charge in [-0.25, -0.2) is 0 Å². The van der Waals surface area contributed by atoms with E-state index >= 15 is 0 Å². The molecule has 1 aromatic heterocycles. The van der Waals surface area contributed by atoms with Crippen LogP contribution in [0.5, 0.6) is 0 Å². The third-order valence-electron chi connectivity index (χ3n) is 4.60. The van der Waals surface area contributed by atoms with Gasteiger partial charge in [0.2, 0.25) is 0 Å². The van der Waals surface area contributed by atoms with E-state index < -0.39 is 0 Å². The van der Waals surface area contributed by atoms with Gasteiger partial charge in [0.15, 0.2) is 0 Å². The second kappa shape index (κ2) is 6.72. The second-order valence-electron chi connectivity index (χ2n) is 6.28. The molecule has 1 aliphatic heterocycles. The van der Waals surface area contributed by atoms with E-state index in [9.17, 15) is 0 Å². The van der Waals surface area contributed by atoms with E-state index in [1.54, 1.807) is 0 Å². The first kappa shape index (κ1) is 15.5. The van der Waals surface area contributed by atoms with Crippen molar-refractivity contribution in [3.63, 3.8) is 0 Å². The van der Waals surface area contributed by atoms with Crippen LogP contribution in [0.25, 0.3) is 0 Å². The lowest BCUT2D eigenvalue weighted by molar-refractivity contribution is 0.0858. The van der Waals surface area contributed by atoms with Crippen LogP contribution in [0.15, 0.2) is 6.07 Å². The minimum atomic E-state index is 0.578. The Morgan fingerprint density at radius 1 is 1.45 bits per heavy atom. The van der Waals surface area contributed by atoms with Crippen molar-refractivity contribution < 1.29 is 0 Å². The summed E-state index contributed by atoms with van der Waals surface area (Å²) in [5.74, 6) is 0.731. The predicted octanol–water partition coefficient (Wildman–Crippen LogP) is 2.42. The molecule has 0 aliphatic carbocycles. The maximum Gasteiger partial charge on any atom is 0.0597 e. The van der Waals surface area contributed by atoms with Crippen molar-refractivity contribution in [1.29, 1.82) is 0 Å². The van der Waals surface area contributed by atoms with Crippen molar-refractivity contribution in [2.75, 3.05) is 13.1 Å². The van der Waals surface area contributed by atoms with Crippen LogP contribution < -0.4 is 5.32 Å². The Hall–Kier alpha value is -0.870. The molecule has 4 nitrogen and oxygen atoms in total. The van der Waals surface area contributed by atoms with Gasteiger partial charge in [0.05, 0.1) is 11.4 Å². The molecule has 1 aliphatic rings. The zero-order valence-electron chi connectivity index (χ0n) is 13.7. The molecule has 0 aromatic carbocycles. The van der Waals surface area contributed by atoms with Crippen LogP contribution in [0.1, 0.15) is 45.5 Å². The van der Waals surface area contributed by atoms with Gasteiger partial charge in [0.25, 0.3) is 0 Å². The molecule has 1 N–H and O–H groups in total. The smallest absolute Gasteiger partial charge is 0.0597 e. The molecular weight excluding hydrogens is 248 g/mol. The summed E-state index contributed by atoms with van der Waals surface area (Å²) in [4.78, 5) is 2.65. The lowest BCUT2D eigenvalue weighted by Crippen LogP contribution is -2.57. The zero-order valence-corrected chi connectivity index (χ0v) is 13.7. The number of aryl methyl sites for hydroxylation is 2. The van der Waals surface area contributed by atoms with Crippen LogP contribution in [0.3, 0.4) is 0 Å². The Morgan fingerprint density at radius 3 is 2.85 bits per heavy atom. The first-order chi connectivity index (χ1) is 9.55. The summed E-state index contributed by atoms with van der Waals surface area (Å²) in [6, 6.07) is 3.45. The third kappa shape index (κ3) is 3.41. The maximum absolute atomic E-state index is 4.58. The quantitative estimate of drug-likeness (QED) is 0.898. The number of nitrogens with zero attached hydrogens (tertiary/aromatic N) is 3. The van der Waals surface area contributed by atoms with Crippen LogP contribution in [0, 0.1) is 12.8 Å². The first-order valence-corrected chi connectivity index (χ1v) is 8.05. The molecule has 0 amide bonds. The average molecular weight is 278 g/mol. The van der Waals surface area contributed by atoms with Gasteiger partial charge >= 0.3 is 0 Å². The molecule has 0 saturated carbocycles. The van der Waals surface area contributed by atoms with Gasteiger partial charge in [-0.2, -0.15) is 5.10 Å². The molecule has 2 heterocycles. The normalized spacial score (nSPS) is 25.9. The van der Waals surface area contributed by atoms with E-state index in [1.807, 2.05) is 0 Å².